The van der Waals surface area contributed by atoms with Crippen molar-refractivity contribution in [3.63, 3.8) is 0 Å². The molecular weight excluding hydrogens is 172 g/mol. The van der Waals surface area contributed by atoms with E-state index >= 15 is 0 Å². The first-order valence-electron chi connectivity index (χ1n) is 6.22. The van der Waals surface area contributed by atoms with Gasteiger partial charge in [-0.15, -0.1) is 0 Å². The van der Waals surface area contributed by atoms with E-state index in [0.717, 1.165) is 12.5 Å². The Morgan fingerprint density at radius 1 is 1.29 bits per heavy atom. The summed E-state index contributed by atoms with van der Waals surface area (Å²) in [6.07, 6.45) is 4.20. The molecule has 1 saturated heterocycles. The molecule has 1 unspecified atom stereocenters. The van der Waals surface area contributed by atoms with Crippen LogP contribution < -0.4 is 5.32 Å². The van der Waals surface area contributed by atoms with Gasteiger partial charge in [-0.05, 0) is 45.3 Å². The second kappa shape index (κ2) is 6.41. The third-order valence-electron chi connectivity index (χ3n) is 3.37. The van der Waals surface area contributed by atoms with Crippen LogP contribution in [-0.2, 0) is 0 Å². The molecule has 1 fully saturated rings. The van der Waals surface area contributed by atoms with Gasteiger partial charge in [0.1, 0.15) is 0 Å². The van der Waals surface area contributed by atoms with Gasteiger partial charge in [0.15, 0.2) is 0 Å². The molecule has 0 radical (unpaired) electrons. The van der Waals surface area contributed by atoms with Gasteiger partial charge in [-0.3, -0.25) is 0 Å². The fourth-order valence-electron chi connectivity index (χ4n) is 2.38. The summed E-state index contributed by atoms with van der Waals surface area (Å²) in [6.45, 7) is 11.7. The highest BCUT2D eigenvalue weighted by atomic mass is 15.1. The minimum atomic E-state index is 0.651. The van der Waals surface area contributed by atoms with E-state index in [1.54, 1.807) is 0 Å². The molecule has 0 aromatic rings. The molecule has 1 aliphatic heterocycles. The van der Waals surface area contributed by atoms with Gasteiger partial charge in [0.05, 0.1) is 0 Å². The third-order valence-corrected chi connectivity index (χ3v) is 3.37. The van der Waals surface area contributed by atoms with Gasteiger partial charge < -0.3 is 10.2 Å². The standard InChI is InChI=1S/C12H26N2/c1-4-12-6-8-14(9-7-12)10-11(3)13-5-2/h11-13H,4-10H2,1-3H3. The van der Waals surface area contributed by atoms with Crippen molar-refractivity contribution in [3.05, 3.63) is 0 Å². The highest BCUT2D eigenvalue weighted by Gasteiger charge is 2.18. The van der Waals surface area contributed by atoms with Crippen LogP contribution in [0.5, 0.6) is 0 Å². The Labute approximate surface area is 89.1 Å². The third kappa shape index (κ3) is 3.97. The van der Waals surface area contributed by atoms with E-state index in [1.807, 2.05) is 0 Å². The van der Waals surface area contributed by atoms with E-state index in [-0.39, 0.29) is 0 Å². The lowest BCUT2D eigenvalue weighted by Gasteiger charge is -2.33. The molecule has 1 aliphatic rings. The van der Waals surface area contributed by atoms with Gasteiger partial charge in [0.25, 0.3) is 0 Å². The van der Waals surface area contributed by atoms with Crippen LogP contribution in [0, 0.1) is 5.92 Å². The zero-order valence-electron chi connectivity index (χ0n) is 10.1. The molecule has 0 aromatic carbocycles. The summed E-state index contributed by atoms with van der Waals surface area (Å²) in [5.41, 5.74) is 0. The lowest BCUT2D eigenvalue weighted by Crippen LogP contribution is -2.42. The minimum absolute atomic E-state index is 0.651. The summed E-state index contributed by atoms with van der Waals surface area (Å²) in [5, 5.41) is 3.48. The van der Waals surface area contributed by atoms with Crippen molar-refractivity contribution < 1.29 is 0 Å². The SMILES string of the molecule is CCNC(C)CN1CCC(CC)CC1. The molecule has 0 aliphatic carbocycles. The van der Waals surface area contributed by atoms with Crippen LogP contribution in [-0.4, -0.2) is 37.1 Å². The summed E-state index contributed by atoms with van der Waals surface area (Å²) < 4.78 is 0. The summed E-state index contributed by atoms with van der Waals surface area (Å²) in [5.74, 6) is 1.00. The van der Waals surface area contributed by atoms with E-state index in [0.29, 0.717) is 6.04 Å². The fraction of sp³-hybridized carbons (Fsp3) is 1.00. The van der Waals surface area contributed by atoms with Crippen molar-refractivity contribution in [2.45, 2.75) is 46.1 Å². The highest BCUT2D eigenvalue weighted by Crippen LogP contribution is 2.19. The molecule has 0 bridgehead atoms. The maximum Gasteiger partial charge on any atom is 0.0166 e. The Morgan fingerprint density at radius 3 is 2.43 bits per heavy atom. The zero-order valence-corrected chi connectivity index (χ0v) is 10.1. The van der Waals surface area contributed by atoms with Crippen molar-refractivity contribution >= 4 is 0 Å². The van der Waals surface area contributed by atoms with Gasteiger partial charge in [0, 0.05) is 12.6 Å². The normalized spacial score (nSPS) is 22.5. The number of rotatable bonds is 5. The van der Waals surface area contributed by atoms with Crippen molar-refractivity contribution in [2.24, 2.45) is 5.92 Å². The largest absolute Gasteiger partial charge is 0.313 e. The number of nitrogens with one attached hydrogen (secondary N) is 1. The monoisotopic (exact) mass is 198 g/mol. The summed E-state index contributed by atoms with van der Waals surface area (Å²) in [4.78, 5) is 2.61. The van der Waals surface area contributed by atoms with E-state index in [9.17, 15) is 0 Å². The maximum absolute atomic E-state index is 3.48. The molecule has 0 amide bonds. The molecule has 1 heterocycles. The molecule has 2 nitrogen and oxygen atoms in total. The van der Waals surface area contributed by atoms with Crippen LogP contribution in [0.3, 0.4) is 0 Å². The molecule has 84 valence electrons. The average molecular weight is 198 g/mol. The molecule has 2 heteroatoms. The van der Waals surface area contributed by atoms with Crippen molar-refractivity contribution in [3.8, 4) is 0 Å². The van der Waals surface area contributed by atoms with Crippen LogP contribution in [0.25, 0.3) is 0 Å². The Balaban J connectivity index is 2.15. The van der Waals surface area contributed by atoms with E-state index in [2.05, 4.69) is 31.0 Å². The predicted molar refractivity (Wildman–Crippen MR) is 62.6 cm³/mol. The van der Waals surface area contributed by atoms with Crippen molar-refractivity contribution in [1.29, 1.82) is 0 Å². The van der Waals surface area contributed by atoms with E-state index in [4.69, 9.17) is 0 Å². The first kappa shape index (κ1) is 12.0. The van der Waals surface area contributed by atoms with E-state index < -0.39 is 0 Å². The molecular formula is C12H26N2. The highest BCUT2D eigenvalue weighted by molar-refractivity contribution is 4.74. The number of likely N-dealkylation sites (N-methyl/N-ethyl adjacent to an activating group) is 1. The first-order chi connectivity index (χ1) is 6.76. The summed E-state index contributed by atoms with van der Waals surface area (Å²) >= 11 is 0. The van der Waals surface area contributed by atoms with Crippen LogP contribution in [0.1, 0.15) is 40.0 Å². The maximum atomic E-state index is 3.48. The quantitative estimate of drug-likeness (QED) is 0.728. The van der Waals surface area contributed by atoms with Gasteiger partial charge >= 0.3 is 0 Å². The number of piperidine rings is 1. The Bertz CT molecular complexity index is 139. The van der Waals surface area contributed by atoms with Crippen LogP contribution in [0.15, 0.2) is 0 Å². The molecule has 0 spiro atoms. The first-order valence-corrected chi connectivity index (χ1v) is 6.22. The van der Waals surface area contributed by atoms with Gasteiger partial charge in [0.2, 0.25) is 0 Å². The molecule has 1 atom stereocenters. The second-order valence-electron chi connectivity index (χ2n) is 4.61. The van der Waals surface area contributed by atoms with Gasteiger partial charge in [-0.25, -0.2) is 0 Å². The molecule has 0 aromatic heterocycles. The molecule has 1 rings (SSSR count). The van der Waals surface area contributed by atoms with Crippen LogP contribution in [0.2, 0.25) is 0 Å². The Hall–Kier alpha value is -0.0800. The smallest absolute Gasteiger partial charge is 0.0166 e. The van der Waals surface area contributed by atoms with Gasteiger partial charge in [-0.1, -0.05) is 20.3 Å². The second-order valence-corrected chi connectivity index (χ2v) is 4.61. The van der Waals surface area contributed by atoms with Gasteiger partial charge in [-0.2, -0.15) is 0 Å². The topological polar surface area (TPSA) is 15.3 Å². The van der Waals surface area contributed by atoms with E-state index in [1.165, 1.54) is 38.9 Å². The Kier molecular flexibility index (Phi) is 5.49. The summed E-state index contributed by atoms with van der Waals surface area (Å²) in [6, 6.07) is 0.651. The number of hydrogen-bond donors (Lipinski definition) is 1. The zero-order chi connectivity index (χ0) is 10.4. The molecule has 14 heavy (non-hydrogen) atoms. The summed E-state index contributed by atoms with van der Waals surface area (Å²) in [7, 11) is 0. The lowest BCUT2D eigenvalue weighted by atomic mass is 9.94. The Morgan fingerprint density at radius 2 is 1.93 bits per heavy atom. The number of hydrogen-bond acceptors (Lipinski definition) is 2. The fourth-order valence-corrected chi connectivity index (χ4v) is 2.38. The van der Waals surface area contributed by atoms with Crippen LogP contribution in [0.4, 0.5) is 0 Å². The lowest BCUT2D eigenvalue weighted by molar-refractivity contribution is 0.169. The molecule has 1 N–H and O–H groups in total. The predicted octanol–water partition coefficient (Wildman–Crippen LogP) is 2.11. The minimum Gasteiger partial charge on any atom is -0.313 e. The molecule has 0 saturated carbocycles. The average Bonchev–Trinajstić information content (AvgIpc) is 2.19. The van der Waals surface area contributed by atoms with Crippen molar-refractivity contribution in [1.82, 2.24) is 10.2 Å². The van der Waals surface area contributed by atoms with Crippen LogP contribution >= 0.6 is 0 Å². The number of nitrogens with zero attached hydrogens (tertiary/aromatic N) is 1. The number of likely N-dealkylation sites (tertiary alicyclic amines) is 1. The van der Waals surface area contributed by atoms with Crippen molar-refractivity contribution in [2.75, 3.05) is 26.2 Å².